The second-order valence-corrected chi connectivity index (χ2v) is 5.01. The van der Waals surface area contributed by atoms with E-state index in [4.69, 9.17) is 5.73 Å². The van der Waals surface area contributed by atoms with Crippen LogP contribution in [0.3, 0.4) is 0 Å². The lowest BCUT2D eigenvalue weighted by Gasteiger charge is -2.14. The van der Waals surface area contributed by atoms with Crippen molar-refractivity contribution in [3.05, 3.63) is 17.8 Å². The fourth-order valence-corrected chi connectivity index (χ4v) is 1.94. The highest BCUT2D eigenvalue weighted by Crippen LogP contribution is 2.28. The number of carbonyl (C=O) groups is 1. The average Bonchev–Trinajstić information content (AvgIpc) is 2.30. The van der Waals surface area contributed by atoms with Crippen LogP contribution in [0, 0.1) is 0 Å². The van der Waals surface area contributed by atoms with Crippen molar-refractivity contribution in [1.82, 2.24) is 4.98 Å². The number of nitrogens with two attached hydrogens (primary N) is 1. The molecule has 3 N–H and O–H groups in total. The number of hydrogen-bond donors (Lipinski definition) is 2. The molecular formula is C11H16N2O3S. The summed E-state index contributed by atoms with van der Waals surface area (Å²) in [4.78, 5) is 15.4. The molecule has 6 heteroatoms. The number of rotatable bonds is 4. The summed E-state index contributed by atoms with van der Waals surface area (Å²) in [5.74, 6) is -0.503. The highest BCUT2D eigenvalue weighted by atomic mass is 32.2. The van der Waals surface area contributed by atoms with Gasteiger partial charge in [-0.1, -0.05) is 18.7 Å². The van der Waals surface area contributed by atoms with E-state index in [1.165, 1.54) is 24.9 Å². The quantitative estimate of drug-likeness (QED) is 0.624. The molecule has 0 bridgehead atoms. The van der Waals surface area contributed by atoms with Gasteiger partial charge < -0.3 is 15.6 Å². The van der Waals surface area contributed by atoms with Gasteiger partial charge in [-0.2, -0.15) is 0 Å². The second-order valence-electron chi connectivity index (χ2n) is 3.65. The molecule has 0 fully saturated rings. The third-order valence-corrected chi connectivity index (χ3v) is 3.58. The van der Waals surface area contributed by atoms with E-state index in [0.29, 0.717) is 10.7 Å². The Kier molecular flexibility index (Phi) is 4.77. The molecule has 0 spiro atoms. The zero-order valence-electron chi connectivity index (χ0n) is 10.0. The Labute approximate surface area is 104 Å². The smallest absolute Gasteiger partial charge is 0.356 e. The molecule has 17 heavy (non-hydrogen) atoms. The summed E-state index contributed by atoms with van der Waals surface area (Å²) >= 11 is 1.33. The van der Waals surface area contributed by atoms with Crippen molar-refractivity contribution in [3.63, 3.8) is 0 Å². The number of hydrogen-bond acceptors (Lipinski definition) is 6. The number of aromatic nitrogens is 1. The summed E-state index contributed by atoms with van der Waals surface area (Å²) in [7, 11) is 1.30. The van der Waals surface area contributed by atoms with Crippen molar-refractivity contribution >= 4 is 23.4 Å². The Morgan fingerprint density at radius 2 is 2.18 bits per heavy atom. The predicted molar refractivity (Wildman–Crippen MR) is 67.0 cm³/mol. The van der Waals surface area contributed by atoms with Gasteiger partial charge in [0.2, 0.25) is 0 Å². The highest BCUT2D eigenvalue weighted by Gasteiger charge is 2.16. The maximum absolute atomic E-state index is 11.3. The van der Waals surface area contributed by atoms with Crippen LogP contribution in [0.5, 0.6) is 0 Å². The summed E-state index contributed by atoms with van der Waals surface area (Å²) in [6.45, 7) is 3.55. The molecule has 0 aliphatic heterocycles. The maximum Gasteiger partial charge on any atom is 0.356 e. The van der Waals surface area contributed by atoms with Gasteiger partial charge in [0.05, 0.1) is 18.9 Å². The molecule has 0 amide bonds. The molecule has 1 aromatic rings. The lowest BCUT2D eigenvalue weighted by molar-refractivity contribution is 0.0593. The van der Waals surface area contributed by atoms with Crippen LogP contribution in [0.4, 0.5) is 5.69 Å². The molecule has 0 saturated heterocycles. The molecule has 0 aromatic carbocycles. The van der Waals surface area contributed by atoms with Gasteiger partial charge in [-0.05, 0) is 19.1 Å². The van der Waals surface area contributed by atoms with E-state index in [0.717, 1.165) is 0 Å². The van der Waals surface area contributed by atoms with Gasteiger partial charge >= 0.3 is 5.97 Å². The minimum absolute atomic E-state index is 0.0577. The first-order chi connectivity index (χ1) is 7.95. The zero-order chi connectivity index (χ0) is 13.0. The van der Waals surface area contributed by atoms with Crippen molar-refractivity contribution in [2.75, 3.05) is 12.8 Å². The van der Waals surface area contributed by atoms with Crippen LogP contribution in [-0.2, 0) is 4.74 Å². The van der Waals surface area contributed by atoms with E-state index < -0.39 is 12.1 Å². The van der Waals surface area contributed by atoms with Gasteiger partial charge in [-0.25, -0.2) is 9.78 Å². The number of esters is 1. The number of nitrogen functional groups attached to an aromatic ring is 1. The lowest BCUT2D eigenvalue weighted by Crippen LogP contribution is -2.16. The molecule has 2 atom stereocenters. The Morgan fingerprint density at radius 1 is 1.53 bits per heavy atom. The SMILES string of the molecule is COC(=O)c1ccc(N)c(SC(C)C(C)O)n1. The monoisotopic (exact) mass is 256 g/mol. The normalized spacial score (nSPS) is 14.1. The van der Waals surface area contributed by atoms with E-state index in [9.17, 15) is 9.90 Å². The van der Waals surface area contributed by atoms with Gasteiger partial charge in [0.25, 0.3) is 0 Å². The molecule has 0 saturated carbocycles. The molecule has 1 rings (SSSR count). The van der Waals surface area contributed by atoms with Crippen molar-refractivity contribution in [2.45, 2.75) is 30.2 Å². The summed E-state index contributed by atoms with van der Waals surface area (Å²) in [6.07, 6.45) is -0.483. The van der Waals surface area contributed by atoms with Crippen molar-refractivity contribution in [2.24, 2.45) is 0 Å². The topological polar surface area (TPSA) is 85.4 Å². The van der Waals surface area contributed by atoms with Crippen LogP contribution >= 0.6 is 11.8 Å². The number of thioether (sulfide) groups is 1. The third kappa shape index (κ3) is 3.61. The van der Waals surface area contributed by atoms with Crippen LogP contribution in [0.2, 0.25) is 0 Å². The molecule has 1 heterocycles. The number of anilines is 1. The van der Waals surface area contributed by atoms with E-state index in [1.54, 1.807) is 13.0 Å². The standard InChI is InChI=1S/C11H16N2O3S/c1-6(14)7(2)17-10-8(12)4-5-9(13-10)11(15)16-3/h4-7,14H,12H2,1-3H3. The first-order valence-electron chi connectivity index (χ1n) is 5.15. The minimum atomic E-state index is -0.503. The lowest BCUT2D eigenvalue weighted by atomic mass is 10.3. The zero-order valence-corrected chi connectivity index (χ0v) is 10.8. The number of methoxy groups -OCH3 is 1. The predicted octanol–water partition coefficient (Wildman–Crippen LogP) is 1.31. The molecule has 0 radical (unpaired) electrons. The highest BCUT2D eigenvalue weighted by molar-refractivity contribution is 8.00. The molecule has 94 valence electrons. The van der Waals surface area contributed by atoms with E-state index in [1.807, 2.05) is 6.92 Å². The number of aliphatic hydroxyl groups excluding tert-OH is 1. The number of aliphatic hydroxyl groups is 1. The first-order valence-corrected chi connectivity index (χ1v) is 6.03. The summed E-state index contributed by atoms with van der Waals surface area (Å²) in [5.41, 5.74) is 6.45. The molecular weight excluding hydrogens is 240 g/mol. The van der Waals surface area contributed by atoms with Gasteiger partial charge in [0, 0.05) is 5.25 Å². The van der Waals surface area contributed by atoms with Gasteiger partial charge in [0.15, 0.2) is 0 Å². The van der Waals surface area contributed by atoms with Crippen molar-refractivity contribution in [3.8, 4) is 0 Å². The third-order valence-electron chi connectivity index (χ3n) is 2.26. The first kappa shape index (κ1) is 13.8. The Hall–Kier alpha value is -1.27. The fourth-order valence-electron chi connectivity index (χ4n) is 1.04. The minimum Gasteiger partial charge on any atom is -0.464 e. The number of ether oxygens (including phenoxy) is 1. The maximum atomic E-state index is 11.3. The van der Waals surface area contributed by atoms with Gasteiger partial charge in [-0.3, -0.25) is 0 Å². The summed E-state index contributed by atoms with van der Waals surface area (Å²) in [6, 6.07) is 3.12. The second kappa shape index (κ2) is 5.88. The average molecular weight is 256 g/mol. The molecule has 1 aromatic heterocycles. The Morgan fingerprint density at radius 3 is 2.71 bits per heavy atom. The largest absolute Gasteiger partial charge is 0.464 e. The van der Waals surface area contributed by atoms with Gasteiger partial charge in [-0.15, -0.1) is 0 Å². The van der Waals surface area contributed by atoms with Crippen molar-refractivity contribution in [1.29, 1.82) is 0 Å². The van der Waals surface area contributed by atoms with Crippen LogP contribution in [0.25, 0.3) is 0 Å². The number of pyridine rings is 1. The van der Waals surface area contributed by atoms with E-state index >= 15 is 0 Å². The molecule has 0 aliphatic rings. The molecule has 2 unspecified atom stereocenters. The summed E-state index contributed by atoms with van der Waals surface area (Å²) < 4.78 is 4.58. The van der Waals surface area contributed by atoms with E-state index in [-0.39, 0.29) is 10.9 Å². The summed E-state index contributed by atoms with van der Waals surface area (Å²) in [5, 5.41) is 9.89. The van der Waals surface area contributed by atoms with Crippen LogP contribution < -0.4 is 5.73 Å². The van der Waals surface area contributed by atoms with E-state index in [2.05, 4.69) is 9.72 Å². The van der Waals surface area contributed by atoms with Gasteiger partial charge in [0.1, 0.15) is 10.7 Å². The molecule has 0 aliphatic carbocycles. The molecule has 5 nitrogen and oxygen atoms in total. The number of carbonyl (C=O) groups excluding carboxylic acids is 1. The van der Waals surface area contributed by atoms with Crippen LogP contribution in [0.1, 0.15) is 24.3 Å². The van der Waals surface area contributed by atoms with Crippen molar-refractivity contribution < 1.29 is 14.6 Å². The van der Waals surface area contributed by atoms with Crippen LogP contribution in [-0.4, -0.2) is 34.5 Å². The van der Waals surface area contributed by atoms with Crippen LogP contribution in [0.15, 0.2) is 17.2 Å². The Bertz CT molecular complexity index is 410. The Balaban J connectivity index is 2.94. The number of nitrogens with zero attached hydrogens (tertiary/aromatic N) is 1. The fraction of sp³-hybridized carbons (Fsp3) is 0.455.